The summed E-state index contributed by atoms with van der Waals surface area (Å²) >= 11 is 8.46. The highest BCUT2D eigenvalue weighted by molar-refractivity contribution is 8.01. The van der Waals surface area contributed by atoms with Crippen LogP contribution in [0.1, 0.15) is 15.9 Å². The molecule has 0 unspecified atom stereocenters. The van der Waals surface area contributed by atoms with Crippen LogP contribution in [0.25, 0.3) is 0 Å². The Kier molecular flexibility index (Phi) is 6.44. The molecule has 3 aromatic rings. The summed E-state index contributed by atoms with van der Waals surface area (Å²) < 4.78 is 0.587. The minimum Gasteiger partial charge on any atom is -0.325 e. The van der Waals surface area contributed by atoms with Crippen LogP contribution >= 0.6 is 34.7 Å². The minimum absolute atomic E-state index is 0.137. The number of aromatic nitrogens is 2. The summed E-state index contributed by atoms with van der Waals surface area (Å²) in [6, 6.07) is 14.3. The van der Waals surface area contributed by atoms with Crippen LogP contribution in [-0.4, -0.2) is 27.8 Å². The van der Waals surface area contributed by atoms with Gasteiger partial charge in [0.2, 0.25) is 11.0 Å². The van der Waals surface area contributed by atoms with Crippen molar-refractivity contribution in [2.24, 2.45) is 0 Å². The van der Waals surface area contributed by atoms with E-state index in [0.29, 0.717) is 20.1 Å². The van der Waals surface area contributed by atoms with Crippen LogP contribution in [0.15, 0.2) is 52.9 Å². The lowest BCUT2D eigenvalue weighted by Crippen LogP contribution is -2.13. The summed E-state index contributed by atoms with van der Waals surface area (Å²) in [6.07, 6.45) is 0. The highest BCUT2D eigenvalue weighted by Gasteiger charge is 2.14. The van der Waals surface area contributed by atoms with E-state index in [9.17, 15) is 9.59 Å². The van der Waals surface area contributed by atoms with Crippen molar-refractivity contribution in [2.45, 2.75) is 11.3 Å². The number of benzene rings is 2. The van der Waals surface area contributed by atoms with Crippen LogP contribution in [0.3, 0.4) is 0 Å². The lowest BCUT2D eigenvalue weighted by molar-refractivity contribution is -0.113. The molecule has 0 aliphatic carbocycles. The second kappa shape index (κ2) is 8.98. The van der Waals surface area contributed by atoms with Crippen molar-refractivity contribution < 1.29 is 9.59 Å². The molecule has 2 N–H and O–H groups in total. The molecule has 6 nitrogen and oxygen atoms in total. The Morgan fingerprint density at radius 3 is 2.70 bits per heavy atom. The number of aryl methyl sites for hydroxylation is 1. The van der Waals surface area contributed by atoms with E-state index >= 15 is 0 Å². The normalized spacial score (nSPS) is 10.4. The van der Waals surface area contributed by atoms with E-state index in [4.69, 9.17) is 11.6 Å². The van der Waals surface area contributed by atoms with Crippen molar-refractivity contribution in [3.63, 3.8) is 0 Å². The molecule has 0 aliphatic heterocycles. The number of hydrogen-bond acceptors (Lipinski definition) is 6. The van der Waals surface area contributed by atoms with Gasteiger partial charge in [-0.15, -0.1) is 10.2 Å². The fraction of sp³-hybridized carbons (Fsp3) is 0.111. The monoisotopic (exact) mass is 418 g/mol. The quantitative estimate of drug-likeness (QED) is 0.455. The summed E-state index contributed by atoms with van der Waals surface area (Å²) in [5.74, 6) is -0.297. The van der Waals surface area contributed by atoms with E-state index in [0.717, 1.165) is 11.3 Å². The third-order valence-electron chi connectivity index (χ3n) is 3.37. The van der Waals surface area contributed by atoms with Gasteiger partial charge in [0.1, 0.15) is 0 Å². The number of hydrogen-bond donors (Lipinski definition) is 2. The zero-order valence-electron chi connectivity index (χ0n) is 14.2. The Morgan fingerprint density at radius 1 is 1.11 bits per heavy atom. The molecule has 1 heterocycles. The molecule has 2 aromatic carbocycles. The molecule has 2 amide bonds. The van der Waals surface area contributed by atoms with Gasteiger partial charge in [0.25, 0.3) is 5.91 Å². The largest absolute Gasteiger partial charge is 0.325 e. The topological polar surface area (TPSA) is 84.0 Å². The number of nitrogens with one attached hydrogen (secondary N) is 2. The van der Waals surface area contributed by atoms with Gasteiger partial charge in [-0.25, -0.2) is 0 Å². The second-order valence-corrected chi connectivity index (χ2v) is 8.12. The molecule has 138 valence electrons. The van der Waals surface area contributed by atoms with E-state index in [1.165, 1.54) is 23.1 Å². The van der Waals surface area contributed by atoms with E-state index in [1.54, 1.807) is 24.3 Å². The highest BCUT2D eigenvalue weighted by Crippen LogP contribution is 2.26. The Morgan fingerprint density at radius 2 is 1.93 bits per heavy atom. The first-order chi connectivity index (χ1) is 13.0. The number of anilines is 2. The van der Waals surface area contributed by atoms with Crippen LogP contribution in [-0.2, 0) is 4.79 Å². The van der Waals surface area contributed by atoms with Crippen LogP contribution in [0.5, 0.6) is 0 Å². The third-order valence-corrected chi connectivity index (χ3v) is 5.68. The van der Waals surface area contributed by atoms with Crippen LogP contribution in [0, 0.1) is 6.92 Å². The number of rotatable bonds is 6. The minimum atomic E-state index is -0.356. The molecular formula is C18H15ClN4O2S2. The molecule has 1 aromatic heterocycles. The van der Waals surface area contributed by atoms with Gasteiger partial charge in [0.15, 0.2) is 4.34 Å². The van der Waals surface area contributed by atoms with Crippen LogP contribution in [0.4, 0.5) is 10.8 Å². The lowest BCUT2D eigenvalue weighted by Gasteiger charge is -2.04. The molecule has 9 heteroatoms. The van der Waals surface area contributed by atoms with Gasteiger partial charge >= 0.3 is 0 Å². The maximum Gasteiger partial charge on any atom is 0.259 e. The Balaban J connectivity index is 1.53. The first kappa shape index (κ1) is 19.3. The standard InChI is InChI=1S/C18H15ClN4O2S2/c1-11-5-4-6-12(9-11)20-15(24)10-26-18-23-22-17(27-18)21-16(25)13-7-2-3-8-14(13)19/h2-9H,10H2,1H3,(H,20,24)(H,21,22,25). The fourth-order valence-corrected chi connectivity index (χ4v) is 3.94. The van der Waals surface area contributed by atoms with Gasteiger partial charge in [-0.2, -0.15) is 0 Å². The van der Waals surface area contributed by atoms with E-state index < -0.39 is 0 Å². The smallest absolute Gasteiger partial charge is 0.259 e. The Labute approximate surface area is 169 Å². The van der Waals surface area contributed by atoms with Gasteiger partial charge in [-0.3, -0.25) is 14.9 Å². The molecular weight excluding hydrogens is 404 g/mol. The zero-order chi connectivity index (χ0) is 19.2. The molecule has 3 rings (SSSR count). The van der Waals surface area contributed by atoms with Gasteiger partial charge in [0.05, 0.1) is 16.3 Å². The average molecular weight is 419 g/mol. The van der Waals surface area contributed by atoms with Crippen molar-refractivity contribution in [1.29, 1.82) is 0 Å². The van der Waals surface area contributed by atoms with Crippen LogP contribution in [0.2, 0.25) is 5.02 Å². The van der Waals surface area contributed by atoms with E-state index in [1.807, 2.05) is 31.2 Å². The summed E-state index contributed by atoms with van der Waals surface area (Å²) in [5.41, 5.74) is 2.19. The number of nitrogens with zero attached hydrogens (tertiary/aromatic N) is 2. The van der Waals surface area contributed by atoms with Gasteiger partial charge in [-0.1, -0.05) is 59.0 Å². The molecule has 0 aliphatic rings. The Bertz CT molecular complexity index is 977. The molecule has 0 fully saturated rings. The second-order valence-electron chi connectivity index (χ2n) is 5.51. The van der Waals surface area contributed by atoms with E-state index in [-0.39, 0.29) is 17.6 Å². The van der Waals surface area contributed by atoms with Crippen molar-refractivity contribution in [3.05, 3.63) is 64.7 Å². The number of carbonyl (C=O) groups is 2. The number of halogens is 1. The van der Waals surface area contributed by atoms with Crippen LogP contribution < -0.4 is 10.6 Å². The summed E-state index contributed by atoms with van der Waals surface area (Å²) in [5, 5.41) is 14.1. The molecule has 0 atom stereocenters. The van der Waals surface area contributed by atoms with E-state index in [2.05, 4.69) is 20.8 Å². The van der Waals surface area contributed by atoms with Crippen molar-refractivity contribution in [1.82, 2.24) is 10.2 Å². The number of carbonyl (C=O) groups excluding carboxylic acids is 2. The molecule has 0 bridgehead atoms. The molecule has 0 radical (unpaired) electrons. The van der Waals surface area contributed by atoms with Gasteiger partial charge in [-0.05, 0) is 36.8 Å². The maximum atomic E-state index is 12.2. The number of thioether (sulfide) groups is 1. The first-order valence-corrected chi connectivity index (χ1v) is 10.1. The van der Waals surface area contributed by atoms with Crippen molar-refractivity contribution >= 4 is 57.3 Å². The number of amides is 2. The predicted molar refractivity (Wildman–Crippen MR) is 110 cm³/mol. The molecule has 27 heavy (non-hydrogen) atoms. The predicted octanol–water partition coefficient (Wildman–Crippen LogP) is 4.48. The first-order valence-electron chi connectivity index (χ1n) is 7.90. The fourth-order valence-electron chi connectivity index (χ4n) is 2.18. The van der Waals surface area contributed by atoms with Gasteiger partial charge < -0.3 is 5.32 Å². The summed E-state index contributed by atoms with van der Waals surface area (Å²) in [7, 11) is 0. The highest BCUT2D eigenvalue weighted by atomic mass is 35.5. The SMILES string of the molecule is Cc1cccc(NC(=O)CSc2nnc(NC(=O)c3ccccc3Cl)s2)c1. The van der Waals surface area contributed by atoms with Gasteiger partial charge in [0, 0.05) is 5.69 Å². The third kappa shape index (κ3) is 5.53. The summed E-state index contributed by atoms with van der Waals surface area (Å²) in [4.78, 5) is 24.3. The molecule has 0 saturated carbocycles. The Hall–Kier alpha value is -2.42. The molecule has 0 spiro atoms. The lowest BCUT2D eigenvalue weighted by atomic mass is 10.2. The summed E-state index contributed by atoms with van der Waals surface area (Å²) in [6.45, 7) is 1.96. The van der Waals surface area contributed by atoms with Crippen molar-refractivity contribution in [3.8, 4) is 0 Å². The average Bonchev–Trinajstić information content (AvgIpc) is 3.08. The zero-order valence-corrected chi connectivity index (χ0v) is 16.6. The maximum absolute atomic E-state index is 12.2. The van der Waals surface area contributed by atoms with Crippen molar-refractivity contribution in [2.75, 3.05) is 16.4 Å². The molecule has 0 saturated heterocycles.